The van der Waals surface area contributed by atoms with Crippen molar-refractivity contribution in [3.8, 4) is 0 Å². The lowest BCUT2D eigenvalue weighted by Gasteiger charge is -2.09. The molecule has 17 heavy (non-hydrogen) atoms. The van der Waals surface area contributed by atoms with Crippen molar-refractivity contribution >= 4 is 34.8 Å². The van der Waals surface area contributed by atoms with Crippen LogP contribution in [0.15, 0.2) is 30.4 Å². The molecule has 0 bridgehead atoms. The number of rotatable bonds is 5. The molecule has 1 rings (SSSR count). The van der Waals surface area contributed by atoms with Gasteiger partial charge in [0.15, 0.2) is 0 Å². The lowest BCUT2D eigenvalue weighted by atomic mass is 10.3. The molecule has 2 N–H and O–H groups in total. The van der Waals surface area contributed by atoms with Crippen molar-refractivity contribution in [3.63, 3.8) is 0 Å². The number of carbonyl (C=O) groups is 1. The molecule has 1 aromatic rings. The van der Waals surface area contributed by atoms with Crippen molar-refractivity contribution in [2.45, 2.75) is 6.92 Å². The minimum atomic E-state index is -0.193. The number of hydrogen-bond acceptors (Lipinski definition) is 2. The molecule has 1 amide bonds. The monoisotopic (exact) mass is 272 g/mol. The van der Waals surface area contributed by atoms with Crippen molar-refractivity contribution in [1.29, 1.82) is 0 Å². The standard InChI is InChI=1S/C12H14Cl2N2O/c1-8(2)6-15-7-11(17)16-12-9(13)4-3-5-10(12)14/h3-5,15H,1,6-7H2,2H3,(H,16,17). The molecular formula is C12H14Cl2N2O. The second kappa shape index (κ2) is 6.64. The van der Waals surface area contributed by atoms with Crippen LogP contribution < -0.4 is 10.6 Å². The highest BCUT2D eigenvalue weighted by molar-refractivity contribution is 6.39. The van der Waals surface area contributed by atoms with E-state index in [1.807, 2.05) is 6.92 Å². The number of carbonyl (C=O) groups excluding carboxylic acids is 1. The maximum absolute atomic E-state index is 11.6. The Morgan fingerprint density at radius 2 is 1.88 bits per heavy atom. The minimum absolute atomic E-state index is 0.189. The van der Waals surface area contributed by atoms with Crippen LogP contribution in [0.4, 0.5) is 5.69 Å². The summed E-state index contributed by atoms with van der Waals surface area (Å²) in [6.07, 6.45) is 0. The fourth-order valence-corrected chi connectivity index (χ4v) is 1.68. The van der Waals surface area contributed by atoms with E-state index in [9.17, 15) is 4.79 Å². The average molecular weight is 273 g/mol. The first-order valence-corrected chi connectivity index (χ1v) is 5.85. The van der Waals surface area contributed by atoms with E-state index in [-0.39, 0.29) is 12.5 Å². The molecule has 0 aliphatic heterocycles. The van der Waals surface area contributed by atoms with Gasteiger partial charge in [0.25, 0.3) is 0 Å². The fraction of sp³-hybridized carbons (Fsp3) is 0.250. The van der Waals surface area contributed by atoms with Gasteiger partial charge in [-0.1, -0.05) is 41.4 Å². The predicted octanol–water partition coefficient (Wildman–Crippen LogP) is 3.10. The number of nitrogens with one attached hydrogen (secondary N) is 2. The summed E-state index contributed by atoms with van der Waals surface area (Å²) in [6.45, 7) is 6.40. The third-order valence-electron chi connectivity index (χ3n) is 1.94. The molecule has 0 radical (unpaired) electrons. The van der Waals surface area contributed by atoms with E-state index in [1.165, 1.54) is 0 Å². The van der Waals surface area contributed by atoms with Crippen LogP contribution in [-0.4, -0.2) is 19.0 Å². The molecule has 0 aliphatic carbocycles. The Labute approximate surface area is 111 Å². The highest BCUT2D eigenvalue weighted by Gasteiger charge is 2.08. The SMILES string of the molecule is C=C(C)CNCC(=O)Nc1c(Cl)cccc1Cl. The van der Waals surface area contributed by atoms with E-state index >= 15 is 0 Å². The number of para-hydroxylation sites is 1. The molecule has 1 aromatic carbocycles. The Kier molecular flexibility index (Phi) is 5.48. The zero-order valence-electron chi connectivity index (χ0n) is 9.52. The maximum Gasteiger partial charge on any atom is 0.238 e. The Morgan fingerprint density at radius 3 is 2.41 bits per heavy atom. The van der Waals surface area contributed by atoms with Gasteiger partial charge in [0.1, 0.15) is 0 Å². The molecule has 3 nitrogen and oxygen atoms in total. The molecule has 92 valence electrons. The van der Waals surface area contributed by atoms with Crippen molar-refractivity contribution < 1.29 is 4.79 Å². The first-order valence-electron chi connectivity index (χ1n) is 5.09. The zero-order chi connectivity index (χ0) is 12.8. The molecule has 0 aliphatic rings. The largest absolute Gasteiger partial charge is 0.322 e. The summed E-state index contributed by atoms with van der Waals surface area (Å²) < 4.78 is 0. The van der Waals surface area contributed by atoms with Gasteiger partial charge in [0.2, 0.25) is 5.91 Å². The smallest absolute Gasteiger partial charge is 0.238 e. The Bertz CT molecular complexity index is 412. The molecule has 0 atom stereocenters. The van der Waals surface area contributed by atoms with Gasteiger partial charge < -0.3 is 10.6 Å². The molecule has 0 aromatic heterocycles. The van der Waals surface area contributed by atoms with Crippen molar-refractivity contribution in [3.05, 3.63) is 40.4 Å². The third-order valence-corrected chi connectivity index (χ3v) is 2.57. The Balaban J connectivity index is 2.53. The van der Waals surface area contributed by atoms with Gasteiger partial charge in [-0.3, -0.25) is 4.79 Å². The summed E-state index contributed by atoms with van der Waals surface area (Å²) in [4.78, 5) is 11.6. The lowest BCUT2D eigenvalue weighted by Crippen LogP contribution is -2.29. The van der Waals surface area contributed by atoms with Crippen molar-refractivity contribution in [2.24, 2.45) is 0 Å². The van der Waals surface area contributed by atoms with Gasteiger partial charge in [-0.25, -0.2) is 0 Å². The van der Waals surface area contributed by atoms with Crippen LogP contribution in [0.5, 0.6) is 0 Å². The molecule has 5 heteroatoms. The van der Waals surface area contributed by atoms with Gasteiger partial charge in [-0.2, -0.15) is 0 Å². The summed E-state index contributed by atoms with van der Waals surface area (Å²) in [5.41, 5.74) is 1.41. The number of hydrogen-bond donors (Lipinski definition) is 2. The molecule has 0 heterocycles. The number of benzene rings is 1. The molecule has 0 unspecified atom stereocenters. The summed E-state index contributed by atoms with van der Waals surface area (Å²) in [6, 6.07) is 5.06. The second-order valence-corrected chi connectivity index (χ2v) is 4.52. The van der Waals surface area contributed by atoms with Gasteiger partial charge in [-0.05, 0) is 19.1 Å². The third kappa shape index (κ3) is 4.77. The predicted molar refractivity (Wildman–Crippen MR) is 72.8 cm³/mol. The van der Waals surface area contributed by atoms with Crippen LogP contribution in [0, 0.1) is 0 Å². The number of anilines is 1. The van der Waals surface area contributed by atoms with Crippen molar-refractivity contribution in [2.75, 3.05) is 18.4 Å². The van der Waals surface area contributed by atoms with E-state index in [2.05, 4.69) is 17.2 Å². The van der Waals surface area contributed by atoms with E-state index < -0.39 is 0 Å². The number of amides is 1. The van der Waals surface area contributed by atoms with Crippen LogP contribution >= 0.6 is 23.2 Å². The van der Waals surface area contributed by atoms with Crippen LogP contribution in [0.1, 0.15) is 6.92 Å². The minimum Gasteiger partial charge on any atom is -0.322 e. The van der Waals surface area contributed by atoms with Gasteiger partial charge in [-0.15, -0.1) is 0 Å². The molecular weight excluding hydrogens is 259 g/mol. The van der Waals surface area contributed by atoms with E-state index in [0.29, 0.717) is 22.3 Å². The van der Waals surface area contributed by atoms with Gasteiger partial charge in [0.05, 0.1) is 22.3 Å². The second-order valence-electron chi connectivity index (χ2n) is 3.71. The van der Waals surface area contributed by atoms with E-state index in [0.717, 1.165) is 5.57 Å². The quantitative estimate of drug-likeness (QED) is 0.809. The van der Waals surface area contributed by atoms with Crippen LogP contribution in [0.3, 0.4) is 0 Å². The fourth-order valence-electron chi connectivity index (χ4n) is 1.19. The molecule has 0 saturated carbocycles. The zero-order valence-corrected chi connectivity index (χ0v) is 11.0. The topological polar surface area (TPSA) is 41.1 Å². The van der Waals surface area contributed by atoms with Crippen LogP contribution in [0.25, 0.3) is 0 Å². The first kappa shape index (κ1) is 14.0. The molecule has 0 saturated heterocycles. The van der Waals surface area contributed by atoms with Gasteiger partial charge in [0, 0.05) is 6.54 Å². The molecule has 0 spiro atoms. The normalized spacial score (nSPS) is 10.1. The van der Waals surface area contributed by atoms with E-state index in [4.69, 9.17) is 23.2 Å². The molecule has 0 fully saturated rings. The highest BCUT2D eigenvalue weighted by atomic mass is 35.5. The Morgan fingerprint density at radius 1 is 1.29 bits per heavy atom. The summed E-state index contributed by atoms with van der Waals surface area (Å²) in [7, 11) is 0. The Hall–Kier alpha value is -1.03. The highest BCUT2D eigenvalue weighted by Crippen LogP contribution is 2.29. The van der Waals surface area contributed by atoms with E-state index in [1.54, 1.807) is 18.2 Å². The lowest BCUT2D eigenvalue weighted by molar-refractivity contribution is -0.115. The summed E-state index contributed by atoms with van der Waals surface area (Å²) in [5, 5.41) is 6.45. The average Bonchev–Trinajstić information content (AvgIpc) is 2.23. The number of halogens is 2. The maximum atomic E-state index is 11.6. The van der Waals surface area contributed by atoms with Crippen LogP contribution in [-0.2, 0) is 4.79 Å². The van der Waals surface area contributed by atoms with Gasteiger partial charge >= 0.3 is 0 Å². The van der Waals surface area contributed by atoms with Crippen molar-refractivity contribution in [1.82, 2.24) is 5.32 Å². The summed E-state index contributed by atoms with van der Waals surface area (Å²) >= 11 is 11.8. The summed E-state index contributed by atoms with van der Waals surface area (Å²) in [5.74, 6) is -0.193. The first-order chi connectivity index (χ1) is 8.00. The van der Waals surface area contributed by atoms with Crippen LogP contribution in [0.2, 0.25) is 10.0 Å².